The van der Waals surface area contributed by atoms with Crippen molar-refractivity contribution in [1.82, 2.24) is 0 Å². The minimum absolute atomic E-state index is 0.210. The molecule has 2 aromatic carbocycles. The van der Waals surface area contributed by atoms with Crippen LogP contribution in [0.25, 0.3) is 0 Å². The first-order valence-electron chi connectivity index (χ1n) is 5.88. The number of halogens is 4. The Balaban J connectivity index is 2.28. The number of benzene rings is 2. The lowest BCUT2D eigenvalue weighted by Crippen LogP contribution is -2.21. The lowest BCUT2D eigenvalue weighted by molar-refractivity contribution is 0.621. The van der Waals surface area contributed by atoms with Gasteiger partial charge in [-0.15, -0.1) is 0 Å². The molecule has 0 heterocycles. The summed E-state index contributed by atoms with van der Waals surface area (Å²) in [6.45, 7) is 0.328. The van der Waals surface area contributed by atoms with Crippen LogP contribution in [0.15, 0.2) is 40.9 Å². The van der Waals surface area contributed by atoms with Crippen LogP contribution in [0.3, 0.4) is 0 Å². The van der Waals surface area contributed by atoms with Crippen LogP contribution in [0, 0.1) is 5.82 Å². The summed E-state index contributed by atoms with van der Waals surface area (Å²) >= 11 is 15.3. The summed E-state index contributed by atoms with van der Waals surface area (Å²) in [4.78, 5) is 0. The van der Waals surface area contributed by atoms with Crippen LogP contribution < -0.4 is 11.1 Å². The molecule has 0 bridgehead atoms. The first-order valence-corrected chi connectivity index (χ1v) is 7.42. The van der Waals surface area contributed by atoms with Crippen molar-refractivity contribution in [1.29, 1.82) is 0 Å². The van der Waals surface area contributed by atoms with Crippen molar-refractivity contribution in [2.75, 3.05) is 11.9 Å². The Hall–Kier alpha value is -0.810. The SMILES string of the molecule is NCC(Nc1ccc(F)c(Br)c1)c1cc(Cl)ccc1Cl. The smallest absolute Gasteiger partial charge is 0.137 e. The molecule has 0 aliphatic rings. The molecule has 0 saturated carbocycles. The molecule has 1 atom stereocenters. The normalized spacial score (nSPS) is 12.2. The molecule has 2 nitrogen and oxygen atoms in total. The maximum atomic E-state index is 13.2. The van der Waals surface area contributed by atoms with Gasteiger partial charge in [-0.2, -0.15) is 0 Å². The van der Waals surface area contributed by atoms with Crippen LogP contribution in [0.2, 0.25) is 10.0 Å². The zero-order valence-corrected chi connectivity index (χ0v) is 13.4. The number of hydrogen-bond acceptors (Lipinski definition) is 2. The summed E-state index contributed by atoms with van der Waals surface area (Å²) in [6.07, 6.45) is 0. The third-order valence-corrected chi connectivity index (χ3v) is 4.02. The molecule has 2 aromatic rings. The molecule has 0 saturated heterocycles. The Morgan fingerprint density at radius 1 is 1.20 bits per heavy atom. The van der Waals surface area contributed by atoms with Gasteiger partial charge >= 0.3 is 0 Å². The highest BCUT2D eigenvalue weighted by atomic mass is 79.9. The Kier molecular flexibility index (Phi) is 5.27. The van der Waals surface area contributed by atoms with E-state index >= 15 is 0 Å². The lowest BCUT2D eigenvalue weighted by atomic mass is 10.1. The van der Waals surface area contributed by atoms with Gasteiger partial charge in [0.05, 0.1) is 10.5 Å². The van der Waals surface area contributed by atoms with E-state index in [1.54, 1.807) is 30.3 Å². The van der Waals surface area contributed by atoms with E-state index < -0.39 is 0 Å². The monoisotopic (exact) mass is 376 g/mol. The fraction of sp³-hybridized carbons (Fsp3) is 0.143. The molecule has 0 amide bonds. The molecule has 20 heavy (non-hydrogen) atoms. The maximum absolute atomic E-state index is 13.2. The average Bonchev–Trinajstić information content (AvgIpc) is 2.43. The van der Waals surface area contributed by atoms with Crippen LogP contribution in [0.5, 0.6) is 0 Å². The number of nitrogens with two attached hydrogens (primary N) is 1. The van der Waals surface area contributed by atoms with Crippen molar-refractivity contribution in [3.63, 3.8) is 0 Å². The quantitative estimate of drug-likeness (QED) is 0.786. The topological polar surface area (TPSA) is 38.0 Å². The standard InChI is InChI=1S/C14H12BrCl2FN2/c15-11-6-9(2-4-13(11)18)20-14(7-19)10-5-8(16)1-3-12(10)17/h1-6,14,20H,7,19H2. The summed E-state index contributed by atoms with van der Waals surface area (Å²) in [7, 11) is 0. The summed E-state index contributed by atoms with van der Waals surface area (Å²) in [5.74, 6) is -0.319. The summed E-state index contributed by atoms with van der Waals surface area (Å²) in [5.41, 5.74) is 7.34. The fourth-order valence-electron chi connectivity index (χ4n) is 1.83. The van der Waals surface area contributed by atoms with E-state index in [4.69, 9.17) is 28.9 Å². The van der Waals surface area contributed by atoms with Gasteiger partial charge in [0.1, 0.15) is 5.82 Å². The zero-order chi connectivity index (χ0) is 14.7. The Labute approximate surface area is 135 Å². The van der Waals surface area contributed by atoms with E-state index in [9.17, 15) is 4.39 Å². The molecule has 2 rings (SSSR count). The first kappa shape index (κ1) is 15.6. The Morgan fingerprint density at radius 2 is 1.95 bits per heavy atom. The van der Waals surface area contributed by atoms with E-state index in [1.807, 2.05) is 0 Å². The molecular weight excluding hydrogens is 366 g/mol. The van der Waals surface area contributed by atoms with E-state index in [1.165, 1.54) is 6.07 Å². The van der Waals surface area contributed by atoms with Crippen molar-refractivity contribution in [3.8, 4) is 0 Å². The van der Waals surface area contributed by atoms with Gasteiger partial charge in [0.15, 0.2) is 0 Å². The predicted octanol–water partition coefficient (Wildman–Crippen LogP) is 5.01. The van der Waals surface area contributed by atoms with Crippen molar-refractivity contribution >= 4 is 44.8 Å². The predicted molar refractivity (Wildman–Crippen MR) is 86.0 cm³/mol. The number of anilines is 1. The van der Waals surface area contributed by atoms with Crippen molar-refractivity contribution in [2.24, 2.45) is 5.73 Å². The second kappa shape index (κ2) is 6.76. The molecule has 0 aliphatic carbocycles. The van der Waals surface area contributed by atoms with Gasteiger partial charge in [-0.3, -0.25) is 0 Å². The van der Waals surface area contributed by atoms with Crippen LogP contribution in [0.4, 0.5) is 10.1 Å². The Bertz CT molecular complexity index is 622. The number of rotatable bonds is 4. The molecule has 6 heteroatoms. The first-order chi connectivity index (χ1) is 9.51. The second-order valence-corrected chi connectivity index (χ2v) is 5.93. The van der Waals surface area contributed by atoms with Crippen LogP contribution in [0.1, 0.15) is 11.6 Å². The van der Waals surface area contributed by atoms with Crippen LogP contribution in [-0.4, -0.2) is 6.54 Å². The van der Waals surface area contributed by atoms with Gasteiger partial charge in [0.25, 0.3) is 0 Å². The van der Waals surface area contributed by atoms with Gasteiger partial charge in [0.2, 0.25) is 0 Å². The van der Waals surface area contributed by atoms with Gasteiger partial charge in [-0.1, -0.05) is 23.2 Å². The molecule has 3 N–H and O–H groups in total. The largest absolute Gasteiger partial charge is 0.377 e. The van der Waals surface area contributed by atoms with E-state index in [2.05, 4.69) is 21.2 Å². The highest BCUT2D eigenvalue weighted by molar-refractivity contribution is 9.10. The Morgan fingerprint density at radius 3 is 2.60 bits per heavy atom. The summed E-state index contributed by atoms with van der Waals surface area (Å²) < 4.78 is 13.6. The van der Waals surface area contributed by atoms with Gasteiger partial charge in [-0.25, -0.2) is 4.39 Å². The third kappa shape index (κ3) is 3.64. The molecular formula is C14H12BrCl2FN2. The third-order valence-electron chi connectivity index (χ3n) is 2.83. The van der Waals surface area contributed by atoms with Crippen molar-refractivity contribution in [3.05, 3.63) is 62.3 Å². The molecule has 0 aromatic heterocycles. The van der Waals surface area contributed by atoms with Crippen LogP contribution >= 0.6 is 39.1 Å². The molecule has 0 radical (unpaired) electrons. The molecule has 0 aliphatic heterocycles. The lowest BCUT2D eigenvalue weighted by Gasteiger charge is -2.20. The maximum Gasteiger partial charge on any atom is 0.137 e. The number of hydrogen-bond donors (Lipinski definition) is 2. The van der Waals surface area contributed by atoms with Gasteiger partial charge < -0.3 is 11.1 Å². The minimum atomic E-state index is -0.319. The molecule has 0 spiro atoms. The fourth-order valence-corrected chi connectivity index (χ4v) is 2.64. The van der Waals surface area contributed by atoms with Gasteiger partial charge in [-0.05, 0) is 57.9 Å². The summed E-state index contributed by atoms with van der Waals surface area (Å²) in [6, 6.07) is 9.67. The average molecular weight is 378 g/mol. The zero-order valence-electron chi connectivity index (χ0n) is 10.3. The molecule has 1 unspecified atom stereocenters. The van der Waals surface area contributed by atoms with Crippen molar-refractivity contribution in [2.45, 2.75) is 6.04 Å². The second-order valence-electron chi connectivity index (χ2n) is 4.23. The van der Waals surface area contributed by atoms with Crippen LogP contribution in [-0.2, 0) is 0 Å². The van der Waals surface area contributed by atoms with Gasteiger partial charge in [0, 0.05) is 22.3 Å². The molecule has 0 fully saturated rings. The van der Waals surface area contributed by atoms with E-state index in [-0.39, 0.29) is 11.9 Å². The van der Waals surface area contributed by atoms with E-state index in [0.717, 1.165) is 11.3 Å². The molecule has 106 valence electrons. The highest BCUT2D eigenvalue weighted by Gasteiger charge is 2.14. The van der Waals surface area contributed by atoms with Crippen molar-refractivity contribution < 1.29 is 4.39 Å². The van der Waals surface area contributed by atoms with E-state index in [0.29, 0.717) is 21.1 Å². The number of nitrogens with one attached hydrogen (secondary N) is 1. The summed E-state index contributed by atoms with van der Waals surface area (Å²) in [5, 5.41) is 4.39. The minimum Gasteiger partial charge on any atom is -0.377 e. The highest BCUT2D eigenvalue weighted by Crippen LogP contribution is 2.29.